The maximum atomic E-state index is 12.4. The molecule has 1 aliphatic heterocycles. The van der Waals surface area contributed by atoms with E-state index in [1.54, 1.807) is 5.01 Å². The maximum absolute atomic E-state index is 12.4. The first-order valence-electron chi connectivity index (χ1n) is 8.52. The molecule has 0 radical (unpaired) electrons. The average molecular weight is 336 g/mol. The molecular weight excluding hydrogens is 312 g/mol. The van der Waals surface area contributed by atoms with Crippen molar-refractivity contribution in [2.45, 2.75) is 25.8 Å². The van der Waals surface area contributed by atoms with Crippen molar-refractivity contribution in [1.82, 2.24) is 5.01 Å². The number of rotatable bonds is 4. The fourth-order valence-corrected chi connectivity index (χ4v) is 3.01. The summed E-state index contributed by atoms with van der Waals surface area (Å²) in [7, 11) is 4.03. The zero-order chi connectivity index (χ0) is 18.0. The Morgan fingerprint density at radius 1 is 1.16 bits per heavy atom. The van der Waals surface area contributed by atoms with Crippen LogP contribution in [0.3, 0.4) is 0 Å². The lowest BCUT2D eigenvalue weighted by atomic mass is 9.98. The number of hydrogen-bond acceptors (Lipinski definition) is 4. The van der Waals surface area contributed by atoms with E-state index in [0.29, 0.717) is 12.8 Å². The Morgan fingerprint density at radius 2 is 1.80 bits per heavy atom. The number of nitrogens with zero attached hydrogens (tertiary/aromatic N) is 3. The summed E-state index contributed by atoms with van der Waals surface area (Å²) in [6.45, 7) is 1.87. The van der Waals surface area contributed by atoms with Crippen molar-refractivity contribution in [1.29, 1.82) is 0 Å². The van der Waals surface area contributed by atoms with Crippen LogP contribution >= 0.6 is 0 Å². The number of nitrogen functional groups attached to an aromatic ring is 1. The molecule has 1 amide bonds. The van der Waals surface area contributed by atoms with Gasteiger partial charge in [0.1, 0.15) is 0 Å². The highest BCUT2D eigenvalue weighted by atomic mass is 16.2. The van der Waals surface area contributed by atoms with Gasteiger partial charge in [0.15, 0.2) is 0 Å². The van der Waals surface area contributed by atoms with Crippen LogP contribution in [0.25, 0.3) is 0 Å². The van der Waals surface area contributed by atoms with Crippen molar-refractivity contribution in [2.75, 3.05) is 24.7 Å². The Labute approximate surface area is 148 Å². The molecule has 3 rings (SSSR count). The van der Waals surface area contributed by atoms with Crippen molar-refractivity contribution in [3.63, 3.8) is 0 Å². The number of hydrazone groups is 1. The molecule has 1 unspecified atom stereocenters. The molecule has 130 valence electrons. The molecule has 0 spiro atoms. The van der Waals surface area contributed by atoms with Gasteiger partial charge >= 0.3 is 0 Å². The van der Waals surface area contributed by atoms with Crippen molar-refractivity contribution in [2.24, 2.45) is 5.10 Å². The van der Waals surface area contributed by atoms with Crippen LogP contribution in [-0.2, 0) is 4.79 Å². The van der Waals surface area contributed by atoms with Gasteiger partial charge < -0.3 is 10.6 Å². The number of carbonyl (C=O) groups is 1. The molecule has 25 heavy (non-hydrogen) atoms. The molecule has 2 aromatic rings. The molecule has 2 aromatic carbocycles. The third-order valence-electron chi connectivity index (χ3n) is 4.51. The van der Waals surface area contributed by atoms with Crippen LogP contribution in [0.15, 0.2) is 53.6 Å². The molecule has 0 aliphatic carbocycles. The second kappa shape index (κ2) is 6.97. The van der Waals surface area contributed by atoms with Gasteiger partial charge in [-0.1, -0.05) is 31.2 Å². The minimum atomic E-state index is -0.0591. The van der Waals surface area contributed by atoms with Gasteiger partial charge in [-0.25, -0.2) is 5.01 Å². The second-order valence-electron chi connectivity index (χ2n) is 6.47. The lowest BCUT2D eigenvalue weighted by Gasteiger charge is -2.22. The van der Waals surface area contributed by atoms with Crippen molar-refractivity contribution in [3.05, 3.63) is 59.7 Å². The predicted octanol–water partition coefficient (Wildman–Crippen LogP) is 3.42. The third-order valence-corrected chi connectivity index (χ3v) is 4.51. The number of benzene rings is 2. The standard InChI is InChI=1S/C20H24N4O/c1-4-20(25)24-19(15-7-11-17(12-8-15)23(2)3)13-18(22-24)14-5-9-16(21)10-6-14/h5-12,19H,4,13,21H2,1-3H3. The lowest BCUT2D eigenvalue weighted by Crippen LogP contribution is -2.26. The van der Waals surface area contributed by atoms with Crippen LogP contribution in [0.1, 0.15) is 36.9 Å². The molecular formula is C20H24N4O. The maximum Gasteiger partial charge on any atom is 0.242 e. The Bertz CT molecular complexity index is 778. The second-order valence-corrected chi connectivity index (χ2v) is 6.47. The van der Waals surface area contributed by atoms with E-state index in [9.17, 15) is 4.79 Å². The highest BCUT2D eigenvalue weighted by Crippen LogP contribution is 2.34. The lowest BCUT2D eigenvalue weighted by molar-refractivity contribution is -0.132. The van der Waals surface area contributed by atoms with Gasteiger partial charge in [-0.3, -0.25) is 4.79 Å². The summed E-state index contributed by atoms with van der Waals surface area (Å²) >= 11 is 0. The monoisotopic (exact) mass is 336 g/mol. The van der Waals surface area contributed by atoms with Crippen LogP contribution in [0, 0.1) is 0 Å². The van der Waals surface area contributed by atoms with Crippen LogP contribution < -0.4 is 10.6 Å². The first-order valence-corrected chi connectivity index (χ1v) is 8.52. The van der Waals surface area contributed by atoms with E-state index >= 15 is 0 Å². The zero-order valence-electron chi connectivity index (χ0n) is 14.9. The molecule has 0 aromatic heterocycles. The normalized spacial score (nSPS) is 16.7. The molecule has 1 aliphatic rings. The molecule has 2 N–H and O–H groups in total. The molecule has 0 saturated heterocycles. The molecule has 5 heteroatoms. The highest BCUT2D eigenvalue weighted by molar-refractivity contribution is 6.03. The Hall–Kier alpha value is -2.82. The van der Waals surface area contributed by atoms with Crippen LogP contribution in [-0.4, -0.2) is 30.7 Å². The highest BCUT2D eigenvalue weighted by Gasteiger charge is 2.32. The number of anilines is 2. The van der Waals surface area contributed by atoms with Gasteiger partial charge in [-0.05, 0) is 35.4 Å². The van der Waals surface area contributed by atoms with E-state index in [1.807, 2.05) is 45.3 Å². The first-order chi connectivity index (χ1) is 12.0. The summed E-state index contributed by atoms with van der Waals surface area (Å²) in [5.41, 5.74) is 10.7. The summed E-state index contributed by atoms with van der Waals surface area (Å²) in [4.78, 5) is 14.5. The quantitative estimate of drug-likeness (QED) is 0.870. The summed E-state index contributed by atoms with van der Waals surface area (Å²) in [6, 6.07) is 15.9. The number of hydrogen-bond donors (Lipinski definition) is 1. The van der Waals surface area contributed by atoms with Gasteiger partial charge in [0.25, 0.3) is 0 Å². The van der Waals surface area contributed by atoms with Crippen LogP contribution in [0.4, 0.5) is 11.4 Å². The number of carbonyl (C=O) groups excluding carboxylic acids is 1. The fourth-order valence-electron chi connectivity index (χ4n) is 3.01. The van der Waals surface area contributed by atoms with E-state index in [-0.39, 0.29) is 11.9 Å². The molecule has 0 bridgehead atoms. The molecule has 0 fully saturated rings. The summed E-state index contributed by atoms with van der Waals surface area (Å²) in [6.07, 6.45) is 1.14. The van der Waals surface area contributed by atoms with Crippen LogP contribution in [0.5, 0.6) is 0 Å². The molecule has 1 atom stereocenters. The van der Waals surface area contributed by atoms with Crippen molar-refractivity contribution < 1.29 is 4.79 Å². The van der Waals surface area contributed by atoms with Gasteiger partial charge in [0, 0.05) is 38.3 Å². The van der Waals surface area contributed by atoms with Gasteiger partial charge in [0.05, 0.1) is 11.8 Å². The Morgan fingerprint density at radius 3 is 2.36 bits per heavy atom. The van der Waals surface area contributed by atoms with E-state index in [2.05, 4.69) is 34.3 Å². The van der Waals surface area contributed by atoms with Crippen molar-refractivity contribution in [3.8, 4) is 0 Å². The molecule has 5 nitrogen and oxygen atoms in total. The zero-order valence-corrected chi connectivity index (χ0v) is 14.9. The smallest absolute Gasteiger partial charge is 0.242 e. The summed E-state index contributed by atoms with van der Waals surface area (Å²) < 4.78 is 0. The number of amides is 1. The fraction of sp³-hybridized carbons (Fsp3) is 0.300. The summed E-state index contributed by atoms with van der Waals surface area (Å²) in [5, 5.41) is 6.26. The van der Waals surface area contributed by atoms with E-state index in [1.165, 1.54) is 0 Å². The Balaban J connectivity index is 1.91. The van der Waals surface area contributed by atoms with Gasteiger partial charge in [0.2, 0.25) is 5.91 Å². The summed E-state index contributed by atoms with van der Waals surface area (Å²) in [5.74, 6) is 0.0344. The first kappa shape index (κ1) is 17.0. The topological polar surface area (TPSA) is 61.9 Å². The Kier molecular flexibility index (Phi) is 4.74. The van der Waals surface area contributed by atoms with E-state index in [0.717, 1.165) is 28.2 Å². The third kappa shape index (κ3) is 3.50. The SMILES string of the molecule is CCC(=O)N1N=C(c2ccc(N)cc2)CC1c1ccc(N(C)C)cc1. The minimum Gasteiger partial charge on any atom is -0.399 e. The predicted molar refractivity (Wildman–Crippen MR) is 103 cm³/mol. The molecule has 0 saturated carbocycles. The minimum absolute atomic E-state index is 0.0344. The van der Waals surface area contributed by atoms with Gasteiger partial charge in [-0.2, -0.15) is 5.10 Å². The molecule has 1 heterocycles. The van der Waals surface area contributed by atoms with Gasteiger partial charge in [-0.15, -0.1) is 0 Å². The average Bonchev–Trinajstić information content (AvgIpc) is 3.07. The van der Waals surface area contributed by atoms with Crippen molar-refractivity contribution >= 4 is 23.0 Å². The van der Waals surface area contributed by atoms with Crippen LogP contribution in [0.2, 0.25) is 0 Å². The van der Waals surface area contributed by atoms with E-state index < -0.39 is 0 Å². The largest absolute Gasteiger partial charge is 0.399 e. The van der Waals surface area contributed by atoms with E-state index in [4.69, 9.17) is 5.73 Å². The number of nitrogens with two attached hydrogens (primary N) is 1.